The van der Waals surface area contributed by atoms with E-state index < -0.39 is 12.0 Å². The lowest BCUT2D eigenvalue weighted by Crippen LogP contribution is -2.52. The van der Waals surface area contributed by atoms with E-state index >= 15 is 0 Å². The Bertz CT molecular complexity index is 682. The third-order valence-electron chi connectivity index (χ3n) is 4.13. The van der Waals surface area contributed by atoms with Gasteiger partial charge in [-0.05, 0) is 58.2 Å². The standard InChI is InChI=1S/C19H27N3O3S/c1-12(17(24)21-19(2,3)4)20-18(25)13-10-16(23)22(11-13)14-6-8-15(26-5)9-7-14/h6-9,12-13H,10-11H2,1-5H3,(H,20,25)(H,21,24). The molecule has 6 nitrogen and oxygen atoms in total. The van der Waals surface area contributed by atoms with Crippen LogP contribution < -0.4 is 15.5 Å². The molecule has 0 spiro atoms. The first kappa shape index (κ1) is 20.3. The van der Waals surface area contributed by atoms with Crippen molar-refractivity contribution in [1.82, 2.24) is 10.6 Å². The molecular weight excluding hydrogens is 350 g/mol. The molecule has 1 aromatic rings. The van der Waals surface area contributed by atoms with Crippen LogP contribution in [-0.2, 0) is 14.4 Å². The fourth-order valence-corrected chi connectivity index (χ4v) is 3.18. The molecular formula is C19H27N3O3S. The van der Waals surface area contributed by atoms with E-state index in [2.05, 4.69) is 10.6 Å². The van der Waals surface area contributed by atoms with Gasteiger partial charge in [0, 0.05) is 29.1 Å². The normalized spacial score (nSPS) is 18.6. The van der Waals surface area contributed by atoms with Crippen LogP contribution in [0.15, 0.2) is 29.2 Å². The summed E-state index contributed by atoms with van der Waals surface area (Å²) in [6.45, 7) is 7.63. The van der Waals surface area contributed by atoms with Crippen LogP contribution in [0, 0.1) is 5.92 Å². The monoisotopic (exact) mass is 377 g/mol. The molecule has 142 valence electrons. The third kappa shape index (κ3) is 5.24. The van der Waals surface area contributed by atoms with E-state index in [1.165, 1.54) is 0 Å². The van der Waals surface area contributed by atoms with Crippen LogP contribution in [-0.4, -0.2) is 42.1 Å². The van der Waals surface area contributed by atoms with Gasteiger partial charge in [-0.3, -0.25) is 14.4 Å². The van der Waals surface area contributed by atoms with Gasteiger partial charge in [-0.25, -0.2) is 0 Å². The van der Waals surface area contributed by atoms with Crippen LogP contribution in [0.4, 0.5) is 5.69 Å². The maximum Gasteiger partial charge on any atom is 0.242 e. The molecule has 0 aromatic heterocycles. The Morgan fingerprint density at radius 1 is 1.23 bits per heavy atom. The van der Waals surface area contributed by atoms with Crippen LogP contribution in [0.3, 0.4) is 0 Å². The van der Waals surface area contributed by atoms with Gasteiger partial charge in [-0.15, -0.1) is 11.8 Å². The number of nitrogens with one attached hydrogen (secondary N) is 2. The molecule has 0 radical (unpaired) electrons. The smallest absolute Gasteiger partial charge is 0.242 e. The SMILES string of the molecule is CSc1ccc(N2CC(C(=O)NC(C)C(=O)NC(C)(C)C)CC2=O)cc1. The predicted octanol–water partition coefficient (Wildman–Crippen LogP) is 2.18. The zero-order valence-corrected chi connectivity index (χ0v) is 16.8. The molecule has 2 unspecified atom stereocenters. The van der Waals surface area contributed by atoms with Gasteiger partial charge in [0.05, 0.1) is 5.92 Å². The quantitative estimate of drug-likeness (QED) is 0.771. The summed E-state index contributed by atoms with van der Waals surface area (Å²) in [4.78, 5) is 39.7. The number of benzene rings is 1. The van der Waals surface area contributed by atoms with Crippen molar-refractivity contribution in [2.45, 2.75) is 50.6 Å². The molecule has 2 rings (SSSR count). The first-order chi connectivity index (χ1) is 12.1. The molecule has 2 N–H and O–H groups in total. The van der Waals surface area contributed by atoms with Crippen LogP contribution >= 0.6 is 11.8 Å². The third-order valence-corrected chi connectivity index (χ3v) is 4.87. The highest BCUT2D eigenvalue weighted by atomic mass is 32.2. The molecule has 2 atom stereocenters. The second-order valence-corrected chi connectivity index (χ2v) is 8.45. The van der Waals surface area contributed by atoms with Crippen molar-refractivity contribution >= 4 is 35.2 Å². The summed E-state index contributed by atoms with van der Waals surface area (Å²) >= 11 is 1.63. The van der Waals surface area contributed by atoms with Crippen LogP contribution in [0.2, 0.25) is 0 Å². The van der Waals surface area contributed by atoms with Gasteiger partial charge in [0.2, 0.25) is 17.7 Å². The Labute approximate surface area is 159 Å². The van der Waals surface area contributed by atoms with Crippen LogP contribution in [0.5, 0.6) is 0 Å². The molecule has 7 heteroatoms. The largest absolute Gasteiger partial charge is 0.350 e. The minimum Gasteiger partial charge on any atom is -0.350 e. The van der Waals surface area contributed by atoms with Crippen molar-refractivity contribution in [3.63, 3.8) is 0 Å². The van der Waals surface area contributed by atoms with Gasteiger partial charge in [0.25, 0.3) is 0 Å². The van der Waals surface area contributed by atoms with E-state index in [0.29, 0.717) is 6.54 Å². The summed E-state index contributed by atoms with van der Waals surface area (Å²) in [7, 11) is 0. The summed E-state index contributed by atoms with van der Waals surface area (Å²) in [6, 6.07) is 7.05. The molecule has 1 saturated heterocycles. The average Bonchev–Trinajstić information content (AvgIpc) is 2.95. The highest BCUT2D eigenvalue weighted by Gasteiger charge is 2.36. The first-order valence-electron chi connectivity index (χ1n) is 8.67. The van der Waals surface area contributed by atoms with E-state index in [4.69, 9.17) is 0 Å². The van der Waals surface area contributed by atoms with E-state index in [0.717, 1.165) is 10.6 Å². The maximum absolute atomic E-state index is 12.5. The summed E-state index contributed by atoms with van der Waals surface area (Å²) in [6.07, 6.45) is 2.15. The predicted molar refractivity (Wildman–Crippen MR) is 104 cm³/mol. The van der Waals surface area contributed by atoms with Gasteiger partial charge in [-0.1, -0.05) is 0 Å². The Balaban J connectivity index is 1.96. The molecule has 0 aliphatic carbocycles. The number of hydrogen-bond acceptors (Lipinski definition) is 4. The summed E-state index contributed by atoms with van der Waals surface area (Å²) in [5.41, 5.74) is 0.431. The molecule has 1 aliphatic rings. The zero-order chi connectivity index (χ0) is 19.5. The highest BCUT2D eigenvalue weighted by Crippen LogP contribution is 2.27. The Morgan fingerprint density at radius 2 is 1.85 bits per heavy atom. The second-order valence-electron chi connectivity index (χ2n) is 7.57. The van der Waals surface area contributed by atoms with E-state index in [-0.39, 0.29) is 29.7 Å². The van der Waals surface area contributed by atoms with E-state index in [1.807, 2.05) is 51.3 Å². The summed E-state index contributed by atoms with van der Waals surface area (Å²) in [5.74, 6) is -1.03. The number of hydrogen-bond donors (Lipinski definition) is 2. The number of thioether (sulfide) groups is 1. The maximum atomic E-state index is 12.5. The van der Waals surface area contributed by atoms with Crippen molar-refractivity contribution < 1.29 is 14.4 Å². The van der Waals surface area contributed by atoms with Gasteiger partial charge in [-0.2, -0.15) is 0 Å². The van der Waals surface area contributed by atoms with Gasteiger partial charge in [0.1, 0.15) is 6.04 Å². The zero-order valence-electron chi connectivity index (χ0n) is 16.0. The lowest BCUT2D eigenvalue weighted by molar-refractivity contribution is -0.131. The summed E-state index contributed by atoms with van der Waals surface area (Å²) in [5, 5.41) is 5.56. The number of carbonyl (C=O) groups is 3. The molecule has 0 saturated carbocycles. The van der Waals surface area contributed by atoms with Crippen molar-refractivity contribution in [3.8, 4) is 0 Å². The molecule has 0 bridgehead atoms. The minimum atomic E-state index is -0.647. The molecule has 3 amide bonds. The topological polar surface area (TPSA) is 78.5 Å². The molecule has 1 aliphatic heterocycles. The lowest BCUT2D eigenvalue weighted by Gasteiger charge is -2.24. The number of nitrogens with zero attached hydrogens (tertiary/aromatic N) is 1. The van der Waals surface area contributed by atoms with Crippen molar-refractivity contribution in [3.05, 3.63) is 24.3 Å². The van der Waals surface area contributed by atoms with Crippen LogP contribution in [0.1, 0.15) is 34.1 Å². The van der Waals surface area contributed by atoms with Gasteiger partial charge in [0.15, 0.2) is 0 Å². The van der Waals surface area contributed by atoms with Crippen molar-refractivity contribution in [2.24, 2.45) is 5.92 Å². The molecule has 1 aromatic carbocycles. The molecule has 26 heavy (non-hydrogen) atoms. The number of rotatable bonds is 5. The molecule has 1 heterocycles. The van der Waals surface area contributed by atoms with Gasteiger partial charge >= 0.3 is 0 Å². The lowest BCUT2D eigenvalue weighted by atomic mass is 10.1. The number of anilines is 1. The van der Waals surface area contributed by atoms with Crippen LogP contribution in [0.25, 0.3) is 0 Å². The van der Waals surface area contributed by atoms with Gasteiger partial charge < -0.3 is 15.5 Å². The van der Waals surface area contributed by atoms with Crippen molar-refractivity contribution in [2.75, 3.05) is 17.7 Å². The minimum absolute atomic E-state index is 0.0751. The van der Waals surface area contributed by atoms with E-state index in [1.54, 1.807) is 23.6 Å². The fourth-order valence-electron chi connectivity index (χ4n) is 2.77. The van der Waals surface area contributed by atoms with E-state index in [9.17, 15) is 14.4 Å². The fraction of sp³-hybridized carbons (Fsp3) is 0.526. The first-order valence-corrected chi connectivity index (χ1v) is 9.90. The van der Waals surface area contributed by atoms with Crippen molar-refractivity contribution in [1.29, 1.82) is 0 Å². The Hall–Kier alpha value is -2.02. The number of amides is 3. The average molecular weight is 378 g/mol. The Kier molecular flexibility index (Phi) is 6.34. The highest BCUT2D eigenvalue weighted by molar-refractivity contribution is 7.98. The summed E-state index contributed by atoms with van der Waals surface area (Å²) < 4.78 is 0. The second kappa shape index (κ2) is 8.12. The Morgan fingerprint density at radius 3 is 2.38 bits per heavy atom. The molecule has 1 fully saturated rings. The number of carbonyl (C=O) groups excluding carboxylic acids is 3.